The molecule has 0 N–H and O–H groups in total. The number of benzene rings is 1. The molecule has 0 atom stereocenters. The van der Waals surface area contributed by atoms with Gasteiger partial charge in [0.25, 0.3) is 11.8 Å². The largest absolute Gasteiger partial charge is 0.482 e. The second kappa shape index (κ2) is 9.48. The normalized spacial score (nSPS) is 16.2. The molecule has 1 aromatic heterocycles. The topological polar surface area (TPSA) is 106 Å². The van der Waals surface area contributed by atoms with Crippen molar-refractivity contribution in [3.05, 3.63) is 47.4 Å². The number of carbonyl (C=O) groups is 4. The summed E-state index contributed by atoms with van der Waals surface area (Å²) in [6.45, 7) is 4.46. The molecular formula is C24H26N2O7. The molecule has 2 aromatic rings. The number of hydrogen-bond acceptors (Lipinski definition) is 7. The number of Topliss-reactive ketones (excluding diaryl/α,β-unsaturated/α-hetero) is 1. The minimum absolute atomic E-state index is 0.106. The molecule has 1 saturated heterocycles. The van der Waals surface area contributed by atoms with E-state index in [0.717, 1.165) is 0 Å². The first-order chi connectivity index (χ1) is 15.9. The van der Waals surface area contributed by atoms with Gasteiger partial charge in [-0.25, -0.2) is 0 Å². The van der Waals surface area contributed by atoms with Crippen molar-refractivity contribution in [2.45, 2.75) is 33.2 Å². The van der Waals surface area contributed by atoms with Crippen LogP contribution in [0.1, 0.15) is 53.4 Å². The van der Waals surface area contributed by atoms with Gasteiger partial charge >= 0.3 is 5.97 Å². The Kier molecular flexibility index (Phi) is 6.48. The van der Waals surface area contributed by atoms with Crippen molar-refractivity contribution in [2.24, 2.45) is 5.92 Å². The van der Waals surface area contributed by atoms with E-state index in [0.29, 0.717) is 55.3 Å². The van der Waals surface area contributed by atoms with Crippen molar-refractivity contribution < 1.29 is 33.1 Å². The SMILES string of the molecule is CCOC(=O)C1CCN(C(=O)c2ccc(CN3C(=O)COc4ccc(C(C)=O)cc43)o2)CC1. The number of hydrogen-bond donors (Lipinski definition) is 0. The maximum absolute atomic E-state index is 12.9. The van der Waals surface area contributed by atoms with E-state index in [1.807, 2.05) is 0 Å². The van der Waals surface area contributed by atoms with Crippen molar-refractivity contribution in [1.29, 1.82) is 0 Å². The van der Waals surface area contributed by atoms with Gasteiger partial charge in [0.2, 0.25) is 0 Å². The fourth-order valence-electron chi connectivity index (χ4n) is 4.06. The van der Waals surface area contributed by atoms with Crippen molar-refractivity contribution in [2.75, 3.05) is 31.2 Å². The Morgan fingerprint density at radius 3 is 2.58 bits per heavy atom. The quantitative estimate of drug-likeness (QED) is 0.488. The van der Waals surface area contributed by atoms with Gasteiger partial charge in [-0.15, -0.1) is 0 Å². The Bertz CT molecular complexity index is 1080. The van der Waals surface area contributed by atoms with Crippen molar-refractivity contribution in [1.82, 2.24) is 4.90 Å². The first-order valence-electron chi connectivity index (χ1n) is 11.0. The highest BCUT2D eigenvalue weighted by Crippen LogP contribution is 2.34. The van der Waals surface area contributed by atoms with Crippen LogP contribution in [0.5, 0.6) is 5.75 Å². The Hall–Kier alpha value is -3.62. The Labute approximate surface area is 191 Å². The molecule has 0 bridgehead atoms. The molecule has 1 fully saturated rings. The number of ether oxygens (including phenoxy) is 2. The summed E-state index contributed by atoms with van der Waals surface area (Å²) in [5.74, 6) is 0.0823. The third-order valence-corrected chi connectivity index (χ3v) is 5.90. The average molecular weight is 454 g/mol. The van der Waals surface area contributed by atoms with Crippen LogP contribution in [0, 0.1) is 5.92 Å². The maximum atomic E-state index is 12.9. The number of nitrogens with zero attached hydrogens (tertiary/aromatic N) is 2. The summed E-state index contributed by atoms with van der Waals surface area (Å²) in [4.78, 5) is 52.2. The van der Waals surface area contributed by atoms with Crippen LogP contribution < -0.4 is 9.64 Å². The van der Waals surface area contributed by atoms with Crippen LogP contribution >= 0.6 is 0 Å². The van der Waals surface area contributed by atoms with Crippen LogP contribution in [0.2, 0.25) is 0 Å². The Balaban J connectivity index is 1.44. The standard InChI is InChI=1S/C24H26N2O7/c1-3-31-24(30)16-8-10-25(11-9-16)23(29)21-7-5-18(33-21)13-26-19-12-17(15(2)27)4-6-20(19)32-14-22(26)28/h4-7,12,16H,3,8-11,13-14H2,1-2H3. The van der Waals surface area contributed by atoms with Crippen LogP contribution in [0.4, 0.5) is 5.69 Å². The first-order valence-corrected chi connectivity index (χ1v) is 11.0. The summed E-state index contributed by atoms with van der Waals surface area (Å²) >= 11 is 0. The van der Waals surface area contributed by atoms with Gasteiger partial charge < -0.3 is 18.8 Å². The molecule has 1 aromatic carbocycles. The number of carbonyl (C=O) groups excluding carboxylic acids is 4. The number of ketones is 1. The zero-order valence-corrected chi connectivity index (χ0v) is 18.7. The number of fused-ring (bicyclic) bond motifs is 1. The predicted octanol–water partition coefficient (Wildman–Crippen LogP) is 2.82. The lowest BCUT2D eigenvalue weighted by Crippen LogP contribution is -2.40. The van der Waals surface area contributed by atoms with Crippen LogP contribution in [-0.4, -0.2) is 54.8 Å². The number of amides is 2. The van der Waals surface area contributed by atoms with Gasteiger partial charge in [-0.2, -0.15) is 0 Å². The zero-order chi connectivity index (χ0) is 23.5. The lowest BCUT2D eigenvalue weighted by molar-refractivity contribution is -0.149. The molecule has 2 aliphatic rings. The third-order valence-electron chi connectivity index (χ3n) is 5.90. The minimum atomic E-state index is -0.270. The summed E-state index contributed by atoms with van der Waals surface area (Å²) in [6.07, 6.45) is 1.10. The summed E-state index contributed by atoms with van der Waals surface area (Å²) in [5.41, 5.74) is 0.961. The molecule has 9 nitrogen and oxygen atoms in total. The highest BCUT2D eigenvalue weighted by atomic mass is 16.5. The second-order valence-corrected chi connectivity index (χ2v) is 8.09. The predicted molar refractivity (Wildman–Crippen MR) is 117 cm³/mol. The van der Waals surface area contributed by atoms with Gasteiger partial charge in [0.05, 0.1) is 24.8 Å². The molecule has 33 heavy (non-hydrogen) atoms. The number of rotatable bonds is 6. The van der Waals surface area contributed by atoms with Crippen molar-refractivity contribution in [3.63, 3.8) is 0 Å². The van der Waals surface area contributed by atoms with E-state index in [4.69, 9.17) is 13.9 Å². The van der Waals surface area contributed by atoms with Crippen LogP contribution in [0.3, 0.4) is 0 Å². The molecule has 9 heteroatoms. The molecule has 0 unspecified atom stereocenters. The van der Waals surface area contributed by atoms with Gasteiger partial charge in [0.1, 0.15) is 11.5 Å². The van der Waals surface area contributed by atoms with E-state index in [9.17, 15) is 19.2 Å². The molecule has 3 heterocycles. The second-order valence-electron chi connectivity index (χ2n) is 8.09. The molecule has 174 valence electrons. The molecule has 4 rings (SSSR count). The summed E-state index contributed by atoms with van der Waals surface area (Å²) in [6, 6.07) is 8.20. The lowest BCUT2D eigenvalue weighted by Gasteiger charge is -2.30. The molecule has 2 aliphatic heterocycles. The number of anilines is 1. The first kappa shape index (κ1) is 22.6. The minimum Gasteiger partial charge on any atom is -0.482 e. The third kappa shape index (κ3) is 4.76. The number of piperidine rings is 1. The van der Waals surface area contributed by atoms with E-state index >= 15 is 0 Å². The fraction of sp³-hybridized carbons (Fsp3) is 0.417. The van der Waals surface area contributed by atoms with E-state index in [1.54, 1.807) is 42.2 Å². The molecule has 0 aliphatic carbocycles. The van der Waals surface area contributed by atoms with Gasteiger partial charge in [-0.05, 0) is 57.0 Å². The lowest BCUT2D eigenvalue weighted by atomic mass is 9.97. The molecule has 2 amide bonds. The fourth-order valence-corrected chi connectivity index (χ4v) is 4.06. The van der Waals surface area contributed by atoms with E-state index < -0.39 is 0 Å². The van der Waals surface area contributed by atoms with Crippen LogP contribution in [-0.2, 0) is 20.9 Å². The summed E-state index contributed by atoms with van der Waals surface area (Å²) in [5, 5.41) is 0. The zero-order valence-electron chi connectivity index (χ0n) is 18.7. The molecule has 0 saturated carbocycles. The Morgan fingerprint density at radius 1 is 1.12 bits per heavy atom. The smallest absolute Gasteiger partial charge is 0.309 e. The van der Waals surface area contributed by atoms with Gasteiger partial charge in [0.15, 0.2) is 18.2 Å². The Morgan fingerprint density at radius 2 is 1.88 bits per heavy atom. The van der Waals surface area contributed by atoms with Gasteiger partial charge in [-0.3, -0.25) is 24.1 Å². The highest BCUT2D eigenvalue weighted by molar-refractivity contribution is 6.01. The van der Waals surface area contributed by atoms with Crippen LogP contribution in [0.15, 0.2) is 34.7 Å². The number of esters is 1. The van der Waals surface area contributed by atoms with E-state index in [1.165, 1.54) is 11.8 Å². The van der Waals surface area contributed by atoms with Gasteiger partial charge in [0, 0.05) is 18.7 Å². The molecule has 0 spiro atoms. The maximum Gasteiger partial charge on any atom is 0.309 e. The number of likely N-dealkylation sites (tertiary alicyclic amines) is 1. The number of furan rings is 1. The molecular weight excluding hydrogens is 428 g/mol. The van der Waals surface area contributed by atoms with Crippen LogP contribution in [0.25, 0.3) is 0 Å². The monoisotopic (exact) mass is 454 g/mol. The van der Waals surface area contributed by atoms with Crippen molar-refractivity contribution >= 4 is 29.3 Å². The highest BCUT2D eigenvalue weighted by Gasteiger charge is 2.31. The average Bonchev–Trinajstić information content (AvgIpc) is 3.29. The van der Waals surface area contributed by atoms with E-state index in [-0.39, 0.29) is 48.4 Å². The summed E-state index contributed by atoms with van der Waals surface area (Å²) < 4.78 is 16.3. The van der Waals surface area contributed by atoms with E-state index in [2.05, 4.69) is 0 Å². The molecule has 0 radical (unpaired) electrons. The van der Waals surface area contributed by atoms with Crippen molar-refractivity contribution in [3.8, 4) is 5.75 Å². The summed E-state index contributed by atoms with van der Waals surface area (Å²) in [7, 11) is 0. The van der Waals surface area contributed by atoms with Gasteiger partial charge in [-0.1, -0.05) is 0 Å².